The average molecular weight is 393 g/mol. The molecule has 1 aliphatic heterocycles. The predicted molar refractivity (Wildman–Crippen MR) is 89.3 cm³/mol. The Balaban J connectivity index is 2.04. The summed E-state index contributed by atoms with van der Waals surface area (Å²) in [7, 11) is -5.69. The topological polar surface area (TPSA) is 79.4 Å². The molecule has 1 N–H and O–H groups in total. The molecule has 1 fully saturated rings. The number of carbonyl (C=O) groups excluding carboxylic acids is 1. The third-order valence-corrected chi connectivity index (χ3v) is 5.65. The number of alkyl halides is 3. The normalized spacial score (nSPS) is 17.7. The van der Waals surface area contributed by atoms with Crippen molar-refractivity contribution in [2.45, 2.75) is 36.7 Å². The van der Waals surface area contributed by atoms with E-state index in [-0.39, 0.29) is 12.5 Å². The summed E-state index contributed by atoms with van der Waals surface area (Å²) in [6, 6.07) is 2.25. The fourth-order valence-corrected chi connectivity index (χ4v) is 3.77. The molecule has 0 spiro atoms. The van der Waals surface area contributed by atoms with Gasteiger partial charge in [0.1, 0.15) is 0 Å². The van der Waals surface area contributed by atoms with Crippen LogP contribution in [0, 0.1) is 5.92 Å². The lowest BCUT2D eigenvalue weighted by Gasteiger charge is -2.29. The van der Waals surface area contributed by atoms with Gasteiger partial charge in [-0.05, 0) is 44.0 Å². The van der Waals surface area contributed by atoms with Gasteiger partial charge < -0.3 is 10.2 Å². The largest absolute Gasteiger partial charge is 0.503 e. The second-order valence-corrected chi connectivity index (χ2v) is 8.34. The van der Waals surface area contributed by atoms with E-state index in [9.17, 15) is 26.4 Å². The lowest BCUT2D eigenvalue weighted by molar-refractivity contribution is -0.0438. The van der Waals surface area contributed by atoms with Crippen molar-refractivity contribution in [3.63, 3.8) is 0 Å². The number of rotatable bonds is 6. The number of nitrogens with one attached hydrogen (secondary N) is 1. The van der Waals surface area contributed by atoms with Crippen LogP contribution in [-0.2, 0) is 9.84 Å². The number of carbonyl (C=O) groups is 1. The lowest BCUT2D eigenvalue weighted by Crippen LogP contribution is -2.38. The summed E-state index contributed by atoms with van der Waals surface area (Å²) in [5.41, 5.74) is -6.12. The first-order valence-corrected chi connectivity index (χ1v) is 9.88. The number of amides is 1. The van der Waals surface area contributed by atoms with E-state index in [2.05, 4.69) is 15.2 Å². The van der Waals surface area contributed by atoms with Crippen LogP contribution in [-0.4, -0.2) is 55.9 Å². The molecule has 1 atom stereocenters. The molecule has 1 amide bonds. The summed E-state index contributed by atoms with van der Waals surface area (Å²) in [4.78, 5) is 17.8. The van der Waals surface area contributed by atoms with Crippen molar-refractivity contribution in [2.75, 3.05) is 26.2 Å². The molecule has 0 saturated carbocycles. The van der Waals surface area contributed by atoms with Crippen molar-refractivity contribution in [3.05, 3.63) is 23.9 Å². The van der Waals surface area contributed by atoms with Crippen molar-refractivity contribution >= 4 is 15.7 Å². The van der Waals surface area contributed by atoms with Gasteiger partial charge in [-0.1, -0.05) is 13.3 Å². The zero-order valence-electron chi connectivity index (χ0n) is 14.4. The highest BCUT2D eigenvalue weighted by Crippen LogP contribution is 2.30. The molecule has 1 saturated heterocycles. The second kappa shape index (κ2) is 8.34. The number of hydrogen-bond acceptors (Lipinski definition) is 5. The van der Waals surface area contributed by atoms with Crippen LogP contribution in [0.4, 0.5) is 13.2 Å². The van der Waals surface area contributed by atoms with Gasteiger partial charge in [-0.3, -0.25) is 4.79 Å². The summed E-state index contributed by atoms with van der Waals surface area (Å²) in [6.45, 7) is 4.91. The monoisotopic (exact) mass is 393 g/mol. The summed E-state index contributed by atoms with van der Waals surface area (Å²) in [5, 5.41) is 1.25. The maximum Gasteiger partial charge on any atom is 0.503 e. The smallest absolute Gasteiger partial charge is 0.352 e. The Bertz CT molecular complexity index is 732. The molecule has 1 aliphatic rings. The number of halogens is 3. The second-order valence-electron chi connectivity index (χ2n) is 6.48. The molecule has 0 aromatic carbocycles. The maximum absolute atomic E-state index is 12.8. The van der Waals surface area contributed by atoms with Crippen LogP contribution < -0.4 is 5.32 Å². The Morgan fingerprint density at radius 1 is 1.31 bits per heavy atom. The maximum atomic E-state index is 12.8. The van der Waals surface area contributed by atoms with Gasteiger partial charge in [0, 0.05) is 19.3 Å². The van der Waals surface area contributed by atoms with Gasteiger partial charge in [-0.2, -0.15) is 13.2 Å². The van der Waals surface area contributed by atoms with Gasteiger partial charge in [0.25, 0.3) is 15.7 Å². The number of aromatic nitrogens is 1. The number of nitrogens with zero attached hydrogens (tertiary/aromatic N) is 2. The molecular weight excluding hydrogens is 371 g/mol. The van der Waals surface area contributed by atoms with Gasteiger partial charge in [-0.15, -0.1) is 0 Å². The molecule has 6 nitrogen and oxygen atoms in total. The Labute approximate surface area is 150 Å². The SMILES string of the molecule is CC(CNC(=O)c1cccnc1S(=O)(=O)C(F)(F)F)CN1CCCCC1. The molecule has 0 aliphatic carbocycles. The Morgan fingerprint density at radius 3 is 2.58 bits per heavy atom. The summed E-state index contributed by atoms with van der Waals surface area (Å²) in [5.74, 6) is -0.803. The molecule has 2 rings (SSSR count). The Hall–Kier alpha value is -1.68. The van der Waals surface area contributed by atoms with Crippen molar-refractivity contribution in [1.82, 2.24) is 15.2 Å². The van der Waals surface area contributed by atoms with Crippen molar-refractivity contribution in [3.8, 4) is 0 Å². The van der Waals surface area contributed by atoms with Crippen LogP contribution in [0.1, 0.15) is 36.5 Å². The Morgan fingerprint density at radius 2 is 1.96 bits per heavy atom. The fourth-order valence-electron chi connectivity index (χ4n) is 2.90. The molecule has 26 heavy (non-hydrogen) atoms. The zero-order valence-corrected chi connectivity index (χ0v) is 15.2. The quantitative estimate of drug-likeness (QED) is 0.802. The van der Waals surface area contributed by atoms with Gasteiger partial charge in [0.05, 0.1) is 5.56 Å². The molecule has 2 heterocycles. The standard InChI is InChI=1S/C16H22F3N3O3S/c1-12(11-22-8-3-2-4-9-22)10-21-14(23)13-6-5-7-20-15(13)26(24,25)16(17,18)19/h5-7,12H,2-4,8-11H2,1H3,(H,21,23). The number of pyridine rings is 1. The Kier molecular flexibility index (Phi) is 6.62. The van der Waals surface area contributed by atoms with E-state index in [1.165, 1.54) is 12.5 Å². The first kappa shape index (κ1) is 20.6. The highest BCUT2D eigenvalue weighted by atomic mass is 32.2. The van der Waals surface area contributed by atoms with Crippen LogP contribution in [0.25, 0.3) is 0 Å². The number of sulfone groups is 1. The lowest BCUT2D eigenvalue weighted by atomic mass is 10.1. The predicted octanol–water partition coefficient (Wildman–Crippen LogP) is 2.23. The summed E-state index contributed by atoms with van der Waals surface area (Å²) < 4.78 is 61.5. The van der Waals surface area contributed by atoms with E-state index < -0.39 is 31.8 Å². The highest BCUT2D eigenvalue weighted by molar-refractivity contribution is 7.92. The van der Waals surface area contributed by atoms with Crippen LogP contribution in [0.3, 0.4) is 0 Å². The van der Waals surface area contributed by atoms with E-state index in [1.54, 1.807) is 0 Å². The highest BCUT2D eigenvalue weighted by Gasteiger charge is 2.49. The van der Waals surface area contributed by atoms with E-state index in [0.717, 1.165) is 44.7 Å². The molecular formula is C16H22F3N3O3S. The molecule has 10 heteroatoms. The summed E-state index contributed by atoms with van der Waals surface area (Å²) in [6.07, 6.45) is 4.38. The fraction of sp³-hybridized carbons (Fsp3) is 0.625. The third-order valence-electron chi connectivity index (χ3n) is 4.20. The average Bonchev–Trinajstić information content (AvgIpc) is 2.59. The molecule has 0 bridgehead atoms. The molecule has 1 unspecified atom stereocenters. The van der Waals surface area contributed by atoms with Gasteiger partial charge in [0.2, 0.25) is 0 Å². The van der Waals surface area contributed by atoms with Crippen LogP contribution in [0.5, 0.6) is 0 Å². The van der Waals surface area contributed by atoms with E-state index >= 15 is 0 Å². The first-order valence-electron chi connectivity index (χ1n) is 8.40. The van der Waals surface area contributed by atoms with Gasteiger partial charge >= 0.3 is 5.51 Å². The first-order chi connectivity index (χ1) is 12.1. The van der Waals surface area contributed by atoms with E-state index in [1.807, 2.05) is 6.92 Å². The van der Waals surface area contributed by atoms with Crippen molar-refractivity contribution < 1.29 is 26.4 Å². The molecule has 1 aromatic rings. The number of piperidine rings is 1. The van der Waals surface area contributed by atoms with Crippen LogP contribution in [0.15, 0.2) is 23.4 Å². The van der Waals surface area contributed by atoms with Gasteiger partial charge in [-0.25, -0.2) is 13.4 Å². The van der Waals surface area contributed by atoms with E-state index in [0.29, 0.717) is 0 Å². The van der Waals surface area contributed by atoms with Gasteiger partial charge in [0.15, 0.2) is 5.03 Å². The van der Waals surface area contributed by atoms with E-state index in [4.69, 9.17) is 0 Å². The number of hydrogen-bond donors (Lipinski definition) is 1. The minimum Gasteiger partial charge on any atom is -0.352 e. The minimum absolute atomic E-state index is 0.0800. The van der Waals surface area contributed by atoms with Crippen molar-refractivity contribution in [2.24, 2.45) is 5.92 Å². The molecule has 0 radical (unpaired) electrons. The summed E-state index contributed by atoms with van der Waals surface area (Å²) >= 11 is 0. The van der Waals surface area contributed by atoms with Crippen LogP contribution in [0.2, 0.25) is 0 Å². The van der Waals surface area contributed by atoms with Crippen molar-refractivity contribution in [1.29, 1.82) is 0 Å². The third kappa shape index (κ3) is 4.94. The molecule has 1 aromatic heterocycles. The molecule has 146 valence electrons. The minimum atomic E-state index is -5.69. The number of likely N-dealkylation sites (tertiary alicyclic amines) is 1. The van der Waals surface area contributed by atoms with Crippen LogP contribution >= 0.6 is 0 Å². The zero-order chi connectivity index (χ0) is 19.4.